The highest BCUT2D eigenvalue weighted by Crippen LogP contribution is 2.42. The van der Waals surface area contributed by atoms with Crippen molar-refractivity contribution < 1.29 is 19.4 Å². The molecule has 1 amide bonds. The van der Waals surface area contributed by atoms with Gasteiger partial charge in [0.1, 0.15) is 5.75 Å². The molecule has 5 nitrogen and oxygen atoms in total. The zero-order valence-corrected chi connectivity index (χ0v) is 19.0. The maximum atomic E-state index is 12.2. The van der Waals surface area contributed by atoms with Crippen molar-refractivity contribution in [3.8, 4) is 5.75 Å². The average molecular weight is 450 g/mol. The summed E-state index contributed by atoms with van der Waals surface area (Å²) < 4.78 is 10.5. The lowest BCUT2D eigenvalue weighted by Crippen LogP contribution is -2.45. The number of halogens is 1. The quantitative estimate of drug-likeness (QED) is 0.548. The maximum absolute atomic E-state index is 12.2. The Morgan fingerprint density at radius 1 is 1.20 bits per heavy atom. The van der Waals surface area contributed by atoms with E-state index in [2.05, 4.69) is 6.92 Å². The Kier molecular flexibility index (Phi) is 7.92. The lowest BCUT2D eigenvalue weighted by Gasteiger charge is -2.38. The third-order valence-corrected chi connectivity index (χ3v) is 6.90. The van der Waals surface area contributed by atoms with Gasteiger partial charge in [0.2, 0.25) is 0 Å². The first-order valence-electron chi connectivity index (χ1n) is 10.2. The third-order valence-electron chi connectivity index (χ3n) is 5.32. The van der Waals surface area contributed by atoms with Crippen LogP contribution in [-0.2, 0) is 10.3 Å². The van der Waals surface area contributed by atoms with E-state index < -0.39 is 5.60 Å². The normalized spacial score (nSPS) is 15.7. The van der Waals surface area contributed by atoms with Crippen LogP contribution in [0.1, 0.15) is 38.2 Å². The van der Waals surface area contributed by atoms with Gasteiger partial charge >= 0.3 is 6.09 Å². The van der Waals surface area contributed by atoms with Crippen molar-refractivity contribution in [3.05, 3.63) is 53.1 Å². The number of hydrogen-bond donors (Lipinski definition) is 1. The zero-order chi connectivity index (χ0) is 21.6. The van der Waals surface area contributed by atoms with Gasteiger partial charge in [0.15, 0.2) is 0 Å². The standard InChI is InChI=1S/C23H28ClNO4S/c1-3-4-15-29-22(26)25-13-11-23(27,12-14-25)18-7-5-6-8-20(18)30-21-10-9-17(28-2)16-19(21)24/h5-10,16,27H,3-4,11-15H2,1-2H3. The Bertz CT molecular complexity index is 868. The van der Waals surface area contributed by atoms with Crippen LogP contribution in [0.4, 0.5) is 4.79 Å². The number of unbranched alkanes of at least 4 members (excludes halogenated alkanes) is 1. The fourth-order valence-corrected chi connectivity index (χ4v) is 4.80. The summed E-state index contributed by atoms with van der Waals surface area (Å²) in [6, 6.07) is 13.4. The van der Waals surface area contributed by atoms with E-state index in [9.17, 15) is 9.90 Å². The van der Waals surface area contributed by atoms with Crippen LogP contribution >= 0.6 is 23.4 Å². The van der Waals surface area contributed by atoms with Gasteiger partial charge in [-0.15, -0.1) is 0 Å². The van der Waals surface area contributed by atoms with E-state index in [4.69, 9.17) is 21.1 Å². The molecule has 0 saturated carbocycles. The van der Waals surface area contributed by atoms with Crippen molar-refractivity contribution in [1.29, 1.82) is 0 Å². The highest BCUT2D eigenvalue weighted by atomic mass is 35.5. The number of amides is 1. The molecule has 0 aromatic heterocycles. The van der Waals surface area contributed by atoms with Crippen LogP contribution in [0.2, 0.25) is 5.02 Å². The first-order valence-corrected chi connectivity index (χ1v) is 11.4. The van der Waals surface area contributed by atoms with Crippen molar-refractivity contribution in [2.75, 3.05) is 26.8 Å². The fraction of sp³-hybridized carbons (Fsp3) is 0.435. The molecule has 30 heavy (non-hydrogen) atoms. The molecule has 0 unspecified atom stereocenters. The van der Waals surface area contributed by atoms with Gasteiger partial charge in [-0.25, -0.2) is 4.79 Å². The molecule has 0 atom stereocenters. The number of carbonyl (C=O) groups is 1. The van der Waals surface area contributed by atoms with E-state index >= 15 is 0 Å². The minimum atomic E-state index is -0.997. The number of nitrogens with zero attached hydrogens (tertiary/aromatic N) is 1. The molecule has 1 aliphatic rings. The van der Waals surface area contributed by atoms with Gasteiger partial charge in [0.05, 0.1) is 24.3 Å². The molecule has 0 spiro atoms. The average Bonchev–Trinajstić information content (AvgIpc) is 2.76. The SMILES string of the molecule is CCCCOC(=O)N1CCC(O)(c2ccccc2Sc2ccc(OC)cc2Cl)CC1. The zero-order valence-electron chi connectivity index (χ0n) is 17.4. The van der Waals surface area contributed by atoms with Crippen molar-refractivity contribution in [3.63, 3.8) is 0 Å². The molecule has 3 rings (SSSR count). The van der Waals surface area contributed by atoms with Crippen molar-refractivity contribution in [2.24, 2.45) is 0 Å². The van der Waals surface area contributed by atoms with Crippen LogP contribution in [0, 0.1) is 0 Å². The molecule has 162 valence electrons. The van der Waals surface area contributed by atoms with E-state index in [-0.39, 0.29) is 6.09 Å². The number of piperidine rings is 1. The lowest BCUT2D eigenvalue weighted by molar-refractivity contribution is -0.0267. The smallest absolute Gasteiger partial charge is 0.409 e. The van der Waals surface area contributed by atoms with Crippen LogP contribution in [0.15, 0.2) is 52.3 Å². The molecular weight excluding hydrogens is 422 g/mol. The summed E-state index contributed by atoms with van der Waals surface area (Å²) in [6.45, 7) is 3.43. The minimum Gasteiger partial charge on any atom is -0.497 e. The Morgan fingerprint density at radius 3 is 2.60 bits per heavy atom. The number of likely N-dealkylation sites (tertiary alicyclic amines) is 1. The Morgan fingerprint density at radius 2 is 1.93 bits per heavy atom. The Balaban J connectivity index is 1.72. The second-order valence-corrected chi connectivity index (χ2v) is 8.87. The van der Waals surface area contributed by atoms with Crippen LogP contribution < -0.4 is 4.74 Å². The molecule has 1 saturated heterocycles. The molecule has 2 aromatic carbocycles. The predicted molar refractivity (Wildman–Crippen MR) is 120 cm³/mol. The van der Waals surface area contributed by atoms with Crippen LogP contribution in [0.5, 0.6) is 5.75 Å². The van der Waals surface area contributed by atoms with Crippen LogP contribution in [-0.4, -0.2) is 42.9 Å². The highest BCUT2D eigenvalue weighted by molar-refractivity contribution is 7.99. The number of methoxy groups -OCH3 is 1. The van der Waals surface area contributed by atoms with Crippen molar-refractivity contribution in [2.45, 2.75) is 48.0 Å². The molecule has 2 aromatic rings. The Hall–Kier alpha value is -1.89. The lowest BCUT2D eigenvalue weighted by atomic mass is 9.84. The van der Waals surface area contributed by atoms with Gasteiger partial charge in [-0.1, -0.05) is 54.9 Å². The van der Waals surface area contributed by atoms with Crippen molar-refractivity contribution in [1.82, 2.24) is 4.90 Å². The van der Waals surface area contributed by atoms with Crippen LogP contribution in [0.25, 0.3) is 0 Å². The summed E-state index contributed by atoms with van der Waals surface area (Å²) in [5, 5.41) is 12.0. The molecule has 0 aliphatic carbocycles. The van der Waals surface area contributed by atoms with Gasteiger partial charge in [0.25, 0.3) is 0 Å². The van der Waals surface area contributed by atoms with Crippen LogP contribution in [0.3, 0.4) is 0 Å². The number of rotatable bonds is 7. The summed E-state index contributed by atoms with van der Waals surface area (Å²) in [7, 11) is 1.61. The Labute approximate surface area is 187 Å². The molecule has 0 bridgehead atoms. The summed E-state index contributed by atoms with van der Waals surface area (Å²) in [6.07, 6.45) is 2.48. The largest absolute Gasteiger partial charge is 0.497 e. The number of hydrogen-bond acceptors (Lipinski definition) is 5. The number of carbonyl (C=O) groups excluding carboxylic acids is 1. The molecule has 1 heterocycles. The monoisotopic (exact) mass is 449 g/mol. The number of ether oxygens (including phenoxy) is 2. The highest BCUT2D eigenvalue weighted by Gasteiger charge is 2.37. The van der Waals surface area contributed by atoms with E-state index in [1.807, 2.05) is 36.4 Å². The van der Waals surface area contributed by atoms with E-state index in [1.54, 1.807) is 18.1 Å². The van der Waals surface area contributed by atoms with Gasteiger partial charge < -0.3 is 19.5 Å². The molecule has 1 aliphatic heterocycles. The van der Waals surface area contributed by atoms with E-state index in [1.165, 1.54) is 11.8 Å². The number of benzene rings is 2. The summed E-state index contributed by atoms with van der Waals surface area (Å²) in [5.74, 6) is 0.703. The van der Waals surface area contributed by atoms with Crippen molar-refractivity contribution >= 4 is 29.5 Å². The second-order valence-electron chi connectivity index (χ2n) is 7.38. The maximum Gasteiger partial charge on any atom is 0.409 e. The molecule has 1 fully saturated rings. The number of aliphatic hydroxyl groups is 1. The van der Waals surface area contributed by atoms with Gasteiger partial charge in [0, 0.05) is 22.9 Å². The first kappa shape index (κ1) is 22.8. The van der Waals surface area contributed by atoms with Gasteiger partial charge in [-0.2, -0.15) is 0 Å². The minimum absolute atomic E-state index is 0.293. The van der Waals surface area contributed by atoms with E-state index in [0.717, 1.165) is 28.2 Å². The summed E-state index contributed by atoms with van der Waals surface area (Å²) in [4.78, 5) is 15.7. The second kappa shape index (κ2) is 10.4. The molecular formula is C23H28ClNO4S. The summed E-state index contributed by atoms with van der Waals surface area (Å²) >= 11 is 7.94. The predicted octanol–water partition coefficient (Wildman–Crippen LogP) is 5.72. The van der Waals surface area contributed by atoms with Gasteiger partial charge in [-0.05, 0) is 49.1 Å². The van der Waals surface area contributed by atoms with E-state index in [0.29, 0.717) is 43.3 Å². The molecule has 0 radical (unpaired) electrons. The molecule has 7 heteroatoms. The third kappa shape index (κ3) is 5.42. The molecule has 1 N–H and O–H groups in total. The van der Waals surface area contributed by atoms with Gasteiger partial charge in [-0.3, -0.25) is 0 Å². The fourth-order valence-electron chi connectivity index (χ4n) is 3.47. The topological polar surface area (TPSA) is 59.0 Å². The summed E-state index contributed by atoms with van der Waals surface area (Å²) in [5.41, 5.74) is -0.135. The first-order chi connectivity index (χ1) is 14.5.